The van der Waals surface area contributed by atoms with E-state index in [4.69, 9.17) is 5.11 Å². The number of aliphatic hydroxyl groups is 1. The molecule has 0 saturated carbocycles. The lowest BCUT2D eigenvalue weighted by molar-refractivity contribution is -0.136. The standard InChI is InChI=1S/C15H19N3O2/c1-15(2)14(20)17(3)6-7-18(15)13-5-4-11(10-19)8-12(13)9-16/h4-5,8,19H,6-7,10H2,1-3H3. The number of aliphatic hydroxyl groups excluding tert-OH is 1. The Morgan fingerprint density at radius 1 is 1.40 bits per heavy atom. The van der Waals surface area contributed by atoms with Crippen molar-refractivity contribution in [3.63, 3.8) is 0 Å². The molecule has 1 aromatic carbocycles. The highest BCUT2D eigenvalue weighted by atomic mass is 16.3. The van der Waals surface area contributed by atoms with Gasteiger partial charge in [0.15, 0.2) is 0 Å². The molecule has 1 aliphatic heterocycles. The highest BCUT2D eigenvalue weighted by molar-refractivity contribution is 5.90. The first-order valence-corrected chi connectivity index (χ1v) is 6.59. The van der Waals surface area contributed by atoms with Crippen LogP contribution in [0.1, 0.15) is 25.0 Å². The number of rotatable bonds is 2. The summed E-state index contributed by atoms with van der Waals surface area (Å²) in [6.07, 6.45) is 0. The molecule has 20 heavy (non-hydrogen) atoms. The van der Waals surface area contributed by atoms with E-state index in [1.807, 2.05) is 24.8 Å². The summed E-state index contributed by atoms with van der Waals surface area (Å²) in [5.74, 6) is 0.0406. The Balaban J connectivity index is 2.46. The fraction of sp³-hybridized carbons (Fsp3) is 0.467. The molecule has 0 atom stereocenters. The first-order valence-electron chi connectivity index (χ1n) is 6.59. The monoisotopic (exact) mass is 273 g/mol. The normalized spacial score (nSPS) is 18.1. The topological polar surface area (TPSA) is 67.6 Å². The summed E-state index contributed by atoms with van der Waals surface area (Å²) in [6.45, 7) is 4.95. The summed E-state index contributed by atoms with van der Waals surface area (Å²) in [4.78, 5) is 16.0. The van der Waals surface area contributed by atoms with Crippen LogP contribution in [0.25, 0.3) is 0 Å². The Morgan fingerprint density at radius 2 is 2.10 bits per heavy atom. The van der Waals surface area contributed by atoms with Crippen LogP contribution in [0, 0.1) is 11.3 Å². The highest BCUT2D eigenvalue weighted by Crippen LogP contribution is 2.31. The lowest BCUT2D eigenvalue weighted by Gasteiger charge is -2.46. The number of piperazine rings is 1. The van der Waals surface area contributed by atoms with E-state index in [2.05, 4.69) is 6.07 Å². The van der Waals surface area contributed by atoms with Crippen molar-refractivity contribution in [3.05, 3.63) is 29.3 Å². The van der Waals surface area contributed by atoms with Gasteiger partial charge in [0.25, 0.3) is 0 Å². The number of nitrogens with zero attached hydrogens (tertiary/aromatic N) is 3. The third kappa shape index (κ3) is 2.23. The number of nitriles is 1. The Hall–Kier alpha value is -2.06. The quantitative estimate of drug-likeness (QED) is 0.876. The van der Waals surface area contributed by atoms with Gasteiger partial charge in [-0.1, -0.05) is 6.07 Å². The number of hydrogen-bond acceptors (Lipinski definition) is 4. The van der Waals surface area contributed by atoms with E-state index in [-0.39, 0.29) is 12.5 Å². The van der Waals surface area contributed by atoms with E-state index in [1.165, 1.54) is 0 Å². The average Bonchev–Trinajstić information content (AvgIpc) is 2.44. The van der Waals surface area contributed by atoms with Gasteiger partial charge in [-0.3, -0.25) is 4.79 Å². The van der Waals surface area contributed by atoms with Crippen molar-refractivity contribution in [2.45, 2.75) is 26.0 Å². The summed E-state index contributed by atoms with van der Waals surface area (Å²) in [5, 5.41) is 18.5. The molecule has 1 N–H and O–H groups in total. The van der Waals surface area contributed by atoms with Gasteiger partial charge in [0.2, 0.25) is 5.91 Å². The smallest absolute Gasteiger partial charge is 0.247 e. The fourth-order valence-electron chi connectivity index (χ4n) is 2.64. The first-order chi connectivity index (χ1) is 9.41. The van der Waals surface area contributed by atoms with Crippen molar-refractivity contribution in [1.29, 1.82) is 5.26 Å². The van der Waals surface area contributed by atoms with Crippen molar-refractivity contribution in [3.8, 4) is 6.07 Å². The molecule has 0 radical (unpaired) electrons. The molecule has 1 fully saturated rings. The molecule has 106 valence electrons. The molecule has 1 aromatic rings. The molecule has 1 aliphatic rings. The van der Waals surface area contributed by atoms with Crippen LogP contribution in [0.5, 0.6) is 0 Å². The van der Waals surface area contributed by atoms with Crippen molar-refractivity contribution in [1.82, 2.24) is 4.90 Å². The van der Waals surface area contributed by atoms with Crippen molar-refractivity contribution in [2.75, 3.05) is 25.0 Å². The highest BCUT2D eigenvalue weighted by Gasteiger charge is 2.41. The van der Waals surface area contributed by atoms with Gasteiger partial charge < -0.3 is 14.9 Å². The molecule has 2 rings (SSSR count). The fourth-order valence-corrected chi connectivity index (χ4v) is 2.64. The number of benzene rings is 1. The second kappa shape index (κ2) is 5.14. The Kier molecular flexibility index (Phi) is 3.69. The Morgan fingerprint density at radius 3 is 2.70 bits per heavy atom. The predicted octanol–water partition coefficient (Wildman–Crippen LogP) is 1.11. The number of carbonyl (C=O) groups is 1. The molecular weight excluding hydrogens is 254 g/mol. The van der Waals surface area contributed by atoms with Crippen molar-refractivity contribution >= 4 is 11.6 Å². The molecule has 0 unspecified atom stereocenters. The first kappa shape index (κ1) is 14.4. The van der Waals surface area contributed by atoms with E-state index in [1.54, 1.807) is 24.1 Å². The van der Waals surface area contributed by atoms with E-state index in [0.29, 0.717) is 24.2 Å². The van der Waals surface area contributed by atoms with Gasteiger partial charge >= 0.3 is 0 Å². The van der Waals surface area contributed by atoms with Gasteiger partial charge in [-0.25, -0.2) is 0 Å². The molecule has 1 saturated heterocycles. The van der Waals surface area contributed by atoms with Crippen LogP contribution in [-0.4, -0.2) is 41.6 Å². The number of hydrogen-bond donors (Lipinski definition) is 1. The maximum absolute atomic E-state index is 12.3. The summed E-state index contributed by atoms with van der Waals surface area (Å²) in [7, 11) is 1.79. The third-order valence-corrected chi connectivity index (χ3v) is 3.86. The van der Waals surface area contributed by atoms with Crippen LogP contribution in [0.3, 0.4) is 0 Å². The molecule has 0 bridgehead atoms. The molecule has 1 heterocycles. The van der Waals surface area contributed by atoms with Crippen LogP contribution in [0.15, 0.2) is 18.2 Å². The molecule has 5 heteroatoms. The van der Waals surface area contributed by atoms with Gasteiger partial charge in [-0.05, 0) is 31.5 Å². The maximum atomic E-state index is 12.3. The second-order valence-electron chi connectivity index (χ2n) is 5.56. The largest absolute Gasteiger partial charge is 0.392 e. The zero-order chi connectivity index (χ0) is 14.9. The van der Waals surface area contributed by atoms with E-state index in [9.17, 15) is 10.1 Å². The number of anilines is 1. The van der Waals surface area contributed by atoms with Gasteiger partial charge in [-0.2, -0.15) is 5.26 Å². The predicted molar refractivity (Wildman–Crippen MR) is 76.1 cm³/mol. The van der Waals surface area contributed by atoms with E-state index in [0.717, 1.165) is 5.69 Å². The van der Waals surface area contributed by atoms with Gasteiger partial charge in [0.1, 0.15) is 11.6 Å². The van der Waals surface area contributed by atoms with E-state index < -0.39 is 5.54 Å². The maximum Gasteiger partial charge on any atom is 0.247 e. The Bertz CT molecular complexity index is 575. The van der Waals surface area contributed by atoms with E-state index >= 15 is 0 Å². The summed E-state index contributed by atoms with van der Waals surface area (Å²) in [6, 6.07) is 7.43. The third-order valence-electron chi connectivity index (χ3n) is 3.86. The number of carbonyl (C=O) groups excluding carboxylic acids is 1. The second-order valence-corrected chi connectivity index (χ2v) is 5.56. The van der Waals surface area contributed by atoms with Crippen LogP contribution < -0.4 is 4.90 Å². The van der Waals surface area contributed by atoms with Crippen LogP contribution in [0.4, 0.5) is 5.69 Å². The zero-order valence-electron chi connectivity index (χ0n) is 12.1. The van der Waals surface area contributed by atoms with Gasteiger partial charge in [0, 0.05) is 20.1 Å². The summed E-state index contributed by atoms with van der Waals surface area (Å²) >= 11 is 0. The lowest BCUT2D eigenvalue weighted by atomic mass is 9.95. The van der Waals surface area contributed by atoms with Gasteiger partial charge in [-0.15, -0.1) is 0 Å². The number of amides is 1. The molecule has 0 aliphatic carbocycles. The van der Waals surface area contributed by atoms with Crippen LogP contribution in [-0.2, 0) is 11.4 Å². The molecule has 1 amide bonds. The summed E-state index contributed by atoms with van der Waals surface area (Å²) < 4.78 is 0. The van der Waals surface area contributed by atoms with Crippen molar-refractivity contribution in [2.24, 2.45) is 0 Å². The zero-order valence-corrected chi connectivity index (χ0v) is 12.1. The number of likely N-dealkylation sites (N-methyl/N-ethyl adjacent to an activating group) is 1. The minimum Gasteiger partial charge on any atom is -0.392 e. The minimum atomic E-state index is -0.681. The van der Waals surface area contributed by atoms with Crippen LogP contribution >= 0.6 is 0 Å². The molecular formula is C15H19N3O2. The van der Waals surface area contributed by atoms with Gasteiger partial charge in [0.05, 0.1) is 17.9 Å². The minimum absolute atomic E-state index is 0.0406. The molecule has 5 nitrogen and oxygen atoms in total. The summed E-state index contributed by atoms with van der Waals surface area (Å²) in [5.41, 5.74) is 1.25. The van der Waals surface area contributed by atoms with Crippen LogP contribution in [0.2, 0.25) is 0 Å². The molecule has 0 spiro atoms. The van der Waals surface area contributed by atoms with Crippen molar-refractivity contribution < 1.29 is 9.90 Å². The molecule has 0 aromatic heterocycles. The Labute approximate surface area is 119 Å². The lowest BCUT2D eigenvalue weighted by Crippen LogP contribution is -2.62. The average molecular weight is 273 g/mol. The SMILES string of the molecule is CN1CCN(c2ccc(CO)cc2C#N)C(C)(C)C1=O.